The predicted octanol–water partition coefficient (Wildman–Crippen LogP) is 2.52. The zero-order valence-corrected chi connectivity index (χ0v) is 8.46. The first-order valence-corrected chi connectivity index (χ1v) is 4.71. The molecule has 6 heteroatoms. The quantitative estimate of drug-likeness (QED) is 0.587. The molecule has 2 aromatic rings. The number of hydrogen-bond acceptors (Lipinski definition) is 4. The monoisotopic (exact) mass is 229 g/mol. The molecule has 0 aliphatic heterocycles. The van der Waals surface area contributed by atoms with E-state index in [1.54, 1.807) is 18.3 Å². The summed E-state index contributed by atoms with van der Waals surface area (Å²) in [5, 5.41) is 4.04. The Balaban J connectivity index is 2.39. The molecule has 72 valence electrons. The topological polar surface area (TPSA) is 51.8 Å². The summed E-state index contributed by atoms with van der Waals surface area (Å²) in [7, 11) is 0. The maximum Gasteiger partial charge on any atom is 0.258 e. The zero-order valence-electron chi connectivity index (χ0n) is 6.94. The Labute approximate surface area is 89.9 Å². The molecule has 2 heterocycles. The van der Waals surface area contributed by atoms with Crippen molar-refractivity contribution in [2.45, 2.75) is 5.88 Å². The second-order valence-electron chi connectivity index (χ2n) is 2.52. The van der Waals surface area contributed by atoms with Crippen molar-refractivity contribution in [1.29, 1.82) is 0 Å². The number of aromatic nitrogens is 3. The van der Waals surface area contributed by atoms with E-state index in [2.05, 4.69) is 15.1 Å². The first-order chi connectivity index (χ1) is 6.79. The lowest BCUT2D eigenvalue weighted by Gasteiger charge is -1.92. The minimum atomic E-state index is 0.225. The minimum absolute atomic E-state index is 0.225. The molecule has 2 rings (SSSR count). The molecule has 4 nitrogen and oxygen atoms in total. The molecular weight excluding hydrogens is 225 g/mol. The summed E-state index contributed by atoms with van der Waals surface area (Å²) in [5.41, 5.74) is 0.730. The molecule has 0 atom stereocenters. The molecule has 0 aliphatic carbocycles. The van der Waals surface area contributed by atoms with Gasteiger partial charge in [-0.3, -0.25) is 0 Å². The molecule has 2 aromatic heterocycles. The van der Waals surface area contributed by atoms with Gasteiger partial charge in [-0.15, -0.1) is 11.6 Å². The highest BCUT2D eigenvalue weighted by molar-refractivity contribution is 6.29. The van der Waals surface area contributed by atoms with E-state index >= 15 is 0 Å². The molecule has 0 fully saturated rings. The van der Waals surface area contributed by atoms with Crippen LogP contribution in [0.25, 0.3) is 11.5 Å². The van der Waals surface area contributed by atoms with Gasteiger partial charge < -0.3 is 4.52 Å². The first kappa shape index (κ1) is 9.43. The average molecular weight is 230 g/mol. The summed E-state index contributed by atoms with van der Waals surface area (Å²) in [5.74, 6) is 1.07. The standard InChI is InChI=1S/C8H5Cl2N3O/c9-4-7-12-8(14-13-7)5-1-2-11-6(10)3-5/h1-3H,4H2. The molecule has 0 unspecified atom stereocenters. The van der Waals surface area contributed by atoms with Crippen molar-refractivity contribution in [1.82, 2.24) is 15.1 Å². The third-order valence-electron chi connectivity index (χ3n) is 1.56. The van der Waals surface area contributed by atoms with E-state index in [4.69, 9.17) is 27.7 Å². The van der Waals surface area contributed by atoms with Gasteiger partial charge in [-0.2, -0.15) is 4.98 Å². The maximum absolute atomic E-state index is 5.71. The summed E-state index contributed by atoms with van der Waals surface area (Å²) in [6, 6.07) is 3.38. The number of hydrogen-bond donors (Lipinski definition) is 0. The van der Waals surface area contributed by atoms with E-state index in [1.807, 2.05) is 0 Å². The summed E-state index contributed by atoms with van der Waals surface area (Å²) in [6.45, 7) is 0. The van der Waals surface area contributed by atoms with Crippen LogP contribution in [0.1, 0.15) is 5.82 Å². The number of nitrogens with zero attached hydrogens (tertiary/aromatic N) is 3. The lowest BCUT2D eigenvalue weighted by atomic mass is 10.3. The van der Waals surface area contributed by atoms with E-state index in [1.165, 1.54) is 0 Å². The molecule has 0 aliphatic rings. The molecule has 14 heavy (non-hydrogen) atoms. The Kier molecular flexibility index (Phi) is 2.65. The lowest BCUT2D eigenvalue weighted by molar-refractivity contribution is 0.425. The van der Waals surface area contributed by atoms with Gasteiger partial charge in [0.1, 0.15) is 5.15 Å². The molecule has 0 aromatic carbocycles. The van der Waals surface area contributed by atoms with Gasteiger partial charge in [-0.05, 0) is 12.1 Å². The lowest BCUT2D eigenvalue weighted by Crippen LogP contribution is -1.82. The number of pyridine rings is 1. The zero-order chi connectivity index (χ0) is 9.97. The fourth-order valence-corrected chi connectivity index (χ4v) is 1.24. The van der Waals surface area contributed by atoms with E-state index in [0.29, 0.717) is 16.9 Å². The maximum atomic E-state index is 5.71. The van der Waals surface area contributed by atoms with Crippen LogP contribution < -0.4 is 0 Å². The van der Waals surface area contributed by atoms with Gasteiger partial charge in [0, 0.05) is 11.8 Å². The van der Waals surface area contributed by atoms with Gasteiger partial charge >= 0.3 is 0 Å². The van der Waals surface area contributed by atoms with Gasteiger partial charge in [-0.1, -0.05) is 16.8 Å². The Morgan fingerprint density at radius 3 is 2.93 bits per heavy atom. The van der Waals surface area contributed by atoms with Crippen LogP contribution in [0, 0.1) is 0 Å². The van der Waals surface area contributed by atoms with Gasteiger partial charge in [-0.25, -0.2) is 4.98 Å². The highest BCUT2D eigenvalue weighted by Crippen LogP contribution is 2.19. The van der Waals surface area contributed by atoms with Crippen LogP contribution in [0.2, 0.25) is 5.15 Å². The number of rotatable bonds is 2. The smallest absolute Gasteiger partial charge is 0.258 e. The largest absolute Gasteiger partial charge is 0.334 e. The van der Waals surface area contributed by atoms with Crippen LogP contribution in [-0.2, 0) is 5.88 Å². The van der Waals surface area contributed by atoms with Crippen molar-refractivity contribution >= 4 is 23.2 Å². The summed E-state index contributed by atoms with van der Waals surface area (Å²) in [6.07, 6.45) is 1.57. The Bertz CT molecular complexity index is 444. The van der Waals surface area contributed by atoms with Crippen LogP contribution in [-0.4, -0.2) is 15.1 Å². The predicted molar refractivity (Wildman–Crippen MR) is 52.1 cm³/mol. The van der Waals surface area contributed by atoms with Crippen LogP contribution in [0.3, 0.4) is 0 Å². The second-order valence-corrected chi connectivity index (χ2v) is 3.17. The summed E-state index contributed by atoms with van der Waals surface area (Å²) in [4.78, 5) is 7.89. The van der Waals surface area contributed by atoms with E-state index in [0.717, 1.165) is 5.56 Å². The fourth-order valence-electron chi connectivity index (χ4n) is 0.961. The van der Waals surface area contributed by atoms with Gasteiger partial charge in [0.05, 0.1) is 5.88 Å². The van der Waals surface area contributed by atoms with E-state index < -0.39 is 0 Å². The highest BCUT2D eigenvalue weighted by Gasteiger charge is 2.07. The molecule has 0 radical (unpaired) electrons. The van der Waals surface area contributed by atoms with Crippen LogP contribution in [0.15, 0.2) is 22.9 Å². The third kappa shape index (κ3) is 1.86. The molecule has 0 saturated carbocycles. The van der Waals surface area contributed by atoms with Crippen molar-refractivity contribution in [3.63, 3.8) is 0 Å². The van der Waals surface area contributed by atoms with E-state index in [9.17, 15) is 0 Å². The highest BCUT2D eigenvalue weighted by atomic mass is 35.5. The molecule has 0 N–H and O–H groups in total. The minimum Gasteiger partial charge on any atom is -0.334 e. The Hall–Kier alpha value is -1.13. The van der Waals surface area contributed by atoms with Gasteiger partial charge in [0.15, 0.2) is 5.82 Å². The van der Waals surface area contributed by atoms with Crippen molar-refractivity contribution in [2.75, 3.05) is 0 Å². The van der Waals surface area contributed by atoms with Crippen molar-refractivity contribution in [2.24, 2.45) is 0 Å². The number of alkyl halides is 1. The first-order valence-electron chi connectivity index (χ1n) is 3.80. The van der Waals surface area contributed by atoms with E-state index in [-0.39, 0.29) is 5.88 Å². The molecular formula is C8H5Cl2N3O. The average Bonchev–Trinajstić information content (AvgIpc) is 2.66. The molecule has 0 saturated heterocycles. The van der Waals surface area contributed by atoms with Crippen LogP contribution in [0.5, 0.6) is 0 Å². The van der Waals surface area contributed by atoms with Crippen molar-refractivity contribution in [3.05, 3.63) is 29.3 Å². The van der Waals surface area contributed by atoms with Gasteiger partial charge in [0.2, 0.25) is 0 Å². The molecule has 0 spiro atoms. The molecule has 0 bridgehead atoms. The third-order valence-corrected chi connectivity index (χ3v) is 2.01. The fraction of sp³-hybridized carbons (Fsp3) is 0.125. The van der Waals surface area contributed by atoms with Gasteiger partial charge in [0.25, 0.3) is 5.89 Å². The van der Waals surface area contributed by atoms with Crippen LogP contribution >= 0.6 is 23.2 Å². The van der Waals surface area contributed by atoms with Crippen molar-refractivity contribution in [3.8, 4) is 11.5 Å². The molecule has 0 amide bonds. The number of halogens is 2. The van der Waals surface area contributed by atoms with Crippen molar-refractivity contribution < 1.29 is 4.52 Å². The summed E-state index contributed by atoms with van der Waals surface area (Å²) >= 11 is 11.2. The second kappa shape index (κ2) is 3.94. The SMILES string of the molecule is ClCc1noc(-c2ccnc(Cl)c2)n1. The summed E-state index contributed by atoms with van der Waals surface area (Å²) < 4.78 is 4.96. The Morgan fingerprint density at radius 2 is 2.29 bits per heavy atom. The normalized spacial score (nSPS) is 10.4. The Morgan fingerprint density at radius 1 is 1.43 bits per heavy atom. The van der Waals surface area contributed by atoms with Crippen LogP contribution in [0.4, 0.5) is 0 Å².